The molecule has 0 heterocycles. The van der Waals surface area contributed by atoms with Crippen LogP contribution in [0.25, 0.3) is 0 Å². The van der Waals surface area contributed by atoms with E-state index in [0.717, 1.165) is 12.0 Å². The van der Waals surface area contributed by atoms with Crippen molar-refractivity contribution < 1.29 is 4.79 Å². The van der Waals surface area contributed by atoms with Gasteiger partial charge in [0.15, 0.2) is 0 Å². The number of benzene rings is 1. The van der Waals surface area contributed by atoms with E-state index in [0.29, 0.717) is 12.5 Å². The van der Waals surface area contributed by atoms with Crippen LogP contribution < -0.4 is 5.32 Å². The van der Waals surface area contributed by atoms with Crippen molar-refractivity contribution in [3.05, 3.63) is 35.9 Å². The fourth-order valence-corrected chi connectivity index (χ4v) is 1.60. The molecule has 0 saturated heterocycles. The molecule has 74 valence electrons. The van der Waals surface area contributed by atoms with Gasteiger partial charge in [-0.15, -0.1) is 0 Å². The van der Waals surface area contributed by atoms with Crippen molar-refractivity contribution in [1.82, 2.24) is 5.32 Å². The summed E-state index contributed by atoms with van der Waals surface area (Å²) in [6.07, 6.45) is 1.06. The van der Waals surface area contributed by atoms with E-state index in [2.05, 4.69) is 12.2 Å². The third-order valence-electron chi connectivity index (χ3n) is 2.76. The third-order valence-corrected chi connectivity index (χ3v) is 2.76. The quantitative estimate of drug-likeness (QED) is 0.773. The van der Waals surface area contributed by atoms with Gasteiger partial charge in [-0.3, -0.25) is 4.79 Å². The van der Waals surface area contributed by atoms with Crippen molar-refractivity contribution in [2.75, 3.05) is 0 Å². The highest BCUT2D eigenvalue weighted by Crippen LogP contribution is 2.37. The highest BCUT2D eigenvalue weighted by atomic mass is 16.2. The van der Waals surface area contributed by atoms with Crippen molar-refractivity contribution in [2.45, 2.75) is 19.9 Å². The van der Waals surface area contributed by atoms with Crippen molar-refractivity contribution in [3.63, 3.8) is 0 Å². The van der Waals surface area contributed by atoms with Crippen molar-refractivity contribution in [2.24, 2.45) is 11.8 Å². The van der Waals surface area contributed by atoms with Gasteiger partial charge in [0.25, 0.3) is 0 Å². The molecule has 0 aromatic heterocycles. The van der Waals surface area contributed by atoms with Crippen LogP contribution in [0.3, 0.4) is 0 Å². The van der Waals surface area contributed by atoms with E-state index in [1.165, 1.54) is 0 Å². The fraction of sp³-hybridized carbons (Fsp3) is 0.417. The summed E-state index contributed by atoms with van der Waals surface area (Å²) in [5.41, 5.74) is 1.16. The molecule has 1 N–H and O–H groups in total. The van der Waals surface area contributed by atoms with Crippen molar-refractivity contribution >= 4 is 5.91 Å². The SMILES string of the molecule is C[C@@H]1C[C@@H]1C(=O)NCc1ccccc1. The lowest BCUT2D eigenvalue weighted by molar-refractivity contribution is -0.122. The monoisotopic (exact) mass is 189 g/mol. The first-order valence-corrected chi connectivity index (χ1v) is 5.09. The van der Waals surface area contributed by atoms with Crippen LogP contribution in [0, 0.1) is 11.8 Å². The van der Waals surface area contributed by atoms with Gasteiger partial charge >= 0.3 is 0 Å². The fourth-order valence-electron chi connectivity index (χ4n) is 1.60. The summed E-state index contributed by atoms with van der Waals surface area (Å²) in [7, 11) is 0. The molecule has 2 rings (SSSR count). The molecule has 2 nitrogen and oxygen atoms in total. The highest BCUT2D eigenvalue weighted by Gasteiger charge is 2.38. The lowest BCUT2D eigenvalue weighted by atomic mass is 10.2. The summed E-state index contributed by atoms with van der Waals surface area (Å²) in [6.45, 7) is 2.77. The van der Waals surface area contributed by atoms with Crippen LogP contribution in [-0.2, 0) is 11.3 Å². The van der Waals surface area contributed by atoms with Gasteiger partial charge in [0.2, 0.25) is 5.91 Å². The first-order valence-electron chi connectivity index (χ1n) is 5.09. The molecule has 0 aliphatic heterocycles. The molecule has 1 saturated carbocycles. The molecule has 2 atom stereocenters. The maximum absolute atomic E-state index is 11.5. The zero-order chi connectivity index (χ0) is 9.97. The zero-order valence-electron chi connectivity index (χ0n) is 8.36. The summed E-state index contributed by atoms with van der Waals surface area (Å²) in [4.78, 5) is 11.5. The Morgan fingerprint density at radius 1 is 1.43 bits per heavy atom. The average molecular weight is 189 g/mol. The van der Waals surface area contributed by atoms with Gasteiger partial charge in [0, 0.05) is 12.5 Å². The lowest BCUT2D eigenvalue weighted by Gasteiger charge is -2.03. The van der Waals surface area contributed by atoms with Gasteiger partial charge in [0.1, 0.15) is 0 Å². The zero-order valence-corrected chi connectivity index (χ0v) is 8.36. The Balaban J connectivity index is 1.80. The number of amides is 1. The third kappa shape index (κ3) is 2.13. The largest absolute Gasteiger partial charge is 0.352 e. The Hall–Kier alpha value is -1.31. The second-order valence-corrected chi connectivity index (χ2v) is 4.02. The molecule has 2 heteroatoms. The first kappa shape index (κ1) is 9.25. The lowest BCUT2D eigenvalue weighted by Crippen LogP contribution is -2.24. The molecule has 0 unspecified atom stereocenters. The van der Waals surface area contributed by atoms with Gasteiger partial charge in [-0.25, -0.2) is 0 Å². The first-order chi connectivity index (χ1) is 6.77. The van der Waals surface area contributed by atoms with Crippen LogP contribution in [0.4, 0.5) is 0 Å². The number of rotatable bonds is 3. The Bertz CT molecular complexity index is 320. The second kappa shape index (κ2) is 3.82. The van der Waals surface area contributed by atoms with E-state index in [9.17, 15) is 4.79 Å². The van der Waals surface area contributed by atoms with E-state index in [1.807, 2.05) is 30.3 Å². The topological polar surface area (TPSA) is 29.1 Å². The molecule has 1 fully saturated rings. The number of hydrogen-bond acceptors (Lipinski definition) is 1. The standard InChI is InChI=1S/C12H15NO/c1-9-7-11(9)12(14)13-8-10-5-3-2-4-6-10/h2-6,9,11H,7-8H2,1H3,(H,13,14)/t9-,11+/m1/s1. The molecule has 0 spiro atoms. The minimum Gasteiger partial charge on any atom is -0.352 e. The van der Waals surface area contributed by atoms with E-state index in [1.54, 1.807) is 0 Å². The summed E-state index contributed by atoms with van der Waals surface area (Å²) in [6, 6.07) is 10.0. The summed E-state index contributed by atoms with van der Waals surface area (Å²) in [5.74, 6) is 1.07. The van der Waals surface area contributed by atoms with E-state index in [-0.39, 0.29) is 11.8 Å². The molecule has 0 radical (unpaired) electrons. The average Bonchev–Trinajstić information content (AvgIpc) is 2.94. The highest BCUT2D eigenvalue weighted by molar-refractivity contribution is 5.81. The Kier molecular flexibility index (Phi) is 2.53. The maximum atomic E-state index is 11.5. The van der Waals surface area contributed by atoms with Crippen LogP contribution in [0.2, 0.25) is 0 Å². The van der Waals surface area contributed by atoms with Crippen LogP contribution >= 0.6 is 0 Å². The summed E-state index contributed by atoms with van der Waals surface area (Å²) >= 11 is 0. The predicted molar refractivity (Wildman–Crippen MR) is 55.6 cm³/mol. The van der Waals surface area contributed by atoms with E-state index in [4.69, 9.17) is 0 Å². The Morgan fingerprint density at radius 3 is 2.64 bits per heavy atom. The van der Waals surface area contributed by atoms with Crippen LogP contribution in [0.5, 0.6) is 0 Å². The van der Waals surface area contributed by atoms with Crippen molar-refractivity contribution in [1.29, 1.82) is 0 Å². The van der Waals surface area contributed by atoms with E-state index >= 15 is 0 Å². The van der Waals surface area contributed by atoms with Gasteiger partial charge in [0.05, 0.1) is 0 Å². The van der Waals surface area contributed by atoms with Gasteiger partial charge < -0.3 is 5.32 Å². The maximum Gasteiger partial charge on any atom is 0.223 e. The van der Waals surface area contributed by atoms with Crippen molar-refractivity contribution in [3.8, 4) is 0 Å². The molecule has 0 bridgehead atoms. The van der Waals surface area contributed by atoms with Gasteiger partial charge in [-0.2, -0.15) is 0 Å². The van der Waals surface area contributed by atoms with Crippen LogP contribution in [0.1, 0.15) is 18.9 Å². The summed E-state index contributed by atoms with van der Waals surface area (Å²) in [5, 5.41) is 2.95. The molecule has 1 aliphatic rings. The van der Waals surface area contributed by atoms with Crippen LogP contribution in [-0.4, -0.2) is 5.91 Å². The number of carbonyl (C=O) groups excluding carboxylic acids is 1. The van der Waals surface area contributed by atoms with Gasteiger partial charge in [-0.05, 0) is 17.9 Å². The molecule has 1 aliphatic carbocycles. The minimum absolute atomic E-state index is 0.210. The van der Waals surface area contributed by atoms with Gasteiger partial charge in [-0.1, -0.05) is 37.3 Å². The molecular weight excluding hydrogens is 174 g/mol. The number of hydrogen-bond donors (Lipinski definition) is 1. The normalized spacial score (nSPS) is 24.4. The molecular formula is C12H15NO. The Labute approximate surface area is 84.3 Å². The minimum atomic E-state index is 0.210. The molecule has 1 amide bonds. The molecule has 1 aromatic carbocycles. The predicted octanol–water partition coefficient (Wildman–Crippen LogP) is 1.96. The number of carbonyl (C=O) groups is 1. The Morgan fingerprint density at radius 2 is 2.07 bits per heavy atom. The summed E-state index contributed by atoms with van der Waals surface area (Å²) < 4.78 is 0. The smallest absolute Gasteiger partial charge is 0.223 e. The second-order valence-electron chi connectivity index (χ2n) is 4.02. The van der Waals surface area contributed by atoms with E-state index < -0.39 is 0 Å². The van der Waals surface area contributed by atoms with Crippen LogP contribution in [0.15, 0.2) is 30.3 Å². The molecule has 1 aromatic rings. The molecule has 14 heavy (non-hydrogen) atoms. The number of nitrogens with one attached hydrogen (secondary N) is 1.